The number of aromatic nitrogens is 2. The zero-order chi connectivity index (χ0) is 9.26. The Kier molecular flexibility index (Phi) is 1.73. The van der Waals surface area contributed by atoms with E-state index in [2.05, 4.69) is 9.97 Å². The van der Waals surface area contributed by atoms with Crippen molar-refractivity contribution in [3.8, 4) is 11.5 Å². The van der Waals surface area contributed by atoms with Crippen LogP contribution in [-0.4, -0.2) is 9.97 Å². The van der Waals surface area contributed by atoms with Crippen LogP contribution in [-0.2, 0) is 0 Å². The Hall–Kier alpha value is -1.84. The van der Waals surface area contributed by atoms with Crippen molar-refractivity contribution in [2.45, 2.75) is 6.92 Å². The molecule has 0 amide bonds. The average Bonchev–Trinajstić information content (AvgIpc) is 2.52. The molecule has 0 unspecified atom stereocenters. The molecule has 2 rings (SSSR count). The second-order valence-electron chi connectivity index (χ2n) is 2.75. The molecule has 0 atom stereocenters. The molecule has 4 nitrogen and oxygen atoms in total. The van der Waals surface area contributed by atoms with Crippen molar-refractivity contribution < 1.29 is 4.42 Å². The van der Waals surface area contributed by atoms with Crippen LogP contribution in [0, 0.1) is 6.92 Å². The summed E-state index contributed by atoms with van der Waals surface area (Å²) in [6.45, 7) is 1.85. The third-order valence-corrected chi connectivity index (χ3v) is 1.65. The van der Waals surface area contributed by atoms with Crippen LogP contribution in [0.25, 0.3) is 11.5 Å². The first-order chi connectivity index (χ1) is 6.25. The molecule has 2 aromatic heterocycles. The molecule has 0 saturated heterocycles. The average molecular weight is 175 g/mol. The lowest BCUT2D eigenvalue weighted by Gasteiger charge is -1.95. The van der Waals surface area contributed by atoms with Gasteiger partial charge in [-0.1, -0.05) is 0 Å². The number of hydrogen-bond acceptors (Lipinski definition) is 4. The van der Waals surface area contributed by atoms with Crippen molar-refractivity contribution >= 4 is 5.82 Å². The van der Waals surface area contributed by atoms with Crippen LogP contribution in [0.1, 0.15) is 5.76 Å². The predicted octanol–water partition coefficient (Wildman–Crippen LogP) is 1.63. The molecular formula is C9H9N3O. The zero-order valence-corrected chi connectivity index (χ0v) is 7.19. The van der Waals surface area contributed by atoms with E-state index in [1.54, 1.807) is 18.5 Å². The Morgan fingerprint density at radius 2 is 2.23 bits per heavy atom. The lowest BCUT2D eigenvalue weighted by atomic mass is 10.2. The minimum Gasteiger partial charge on any atom is -0.441 e. The van der Waals surface area contributed by atoms with Crippen LogP contribution >= 0.6 is 0 Å². The van der Waals surface area contributed by atoms with Gasteiger partial charge in [0.15, 0.2) is 0 Å². The number of aryl methyl sites for hydroxylation is 1. The van der Waals surface area contributed by atoms with Gasteiger partial charge in [0, 0.05) is 11.8 Å². The van der Waals surface area contributed by atoms with Crippen molar-refractivity contribution in [3.05, 3.63) is 30.3 Å². The molecule has 4 heteroatoms. The van der Waals surface area contributed by atoms with Gasteiger partial charge in [0.25, 0.3) is 0 Å². The van der Waals surface area contributed by atoms with Gasteiger partial charge < -0.3 is 10.2 Å². The summed E-state index contributed by atoms with van der Waals surface area (Å²) < 4.78 is 5.33. The third-order valence-electron chi connectivity index (χ3n) is 1.65. The highest BCUT2D eigenvalue weighted by molar-refractivity contribution is 5.56. The minimum absolute atomic E-state index is 0.466. The molecule has 0 aliphatic rings. The van der Waals surface area contributed by atoms with Gasteiger partial charge in [-0.2, -0.15) is 0 Å². The maximum absolute atomic E-state index is 5.52. The highest BCUT2D eigenvalue weighted by Gasteiger charge is 2.03. The van der Waals surface area contributed by atoms with Crippen LogP contribution in [0.2, 0.25) is 0 Å². The molecule has 66 valence electrons. The summed E-state index contributed by atoms with van der Waals surface area (Å²) >= 11 is 0. The first kappa shape index (κ1) is 7.79. The van der Waals surface area contributed by atoms with E-state index in [0.717, 1.165) is 11.3 Å². The number of oxazole rings is 1. The summed E-state index contributed by atoms with van der Waals surface area (Å²) in [5.74, 6) is 1.82. The van der Waals surface area contributed by atoms with Crippen molar-refractivity contribution in [1.82, 2.24) is 9.97 Å². The van der Waals surface area contributed by atoms with E-state index in [0.29, 0.717) is 11.7 Å². The molecule has 0 aliphatic carbocycles. The van der Waals surface area contributed by atoms with Crippen LogP contribution in [0.3, 0.4) is 0 Å². The first-order valence-corrected chi connectivity index (χ1v) is 3.90. The highest BCUT2D eigenvalue weighted by atomic mass is 16.4. The SMILES string of the molecule is Cc1cnc(-c2ccnc(N)c2)o1. The molecule has 0 saturated carbocycles. The Labute approximate surface area is 75.4 Å². The smallest absolute Gasteiger partial charge is 0.226 e. The van der Waals surface area contributed by atoms with E-state index in [4.69, 9.17) is 10.2 Å². The van der Waals surface area contributed by atoms with Crippen LogP contribution < -0.4 is 5.73 Å². The van der Waals surface area contributed by atoms with Gasteiger partial charge in [-0.3, -0.25) is 0 Å². The fourth-order valence-electron chi connectivity index (χ4n) is 1.07. The summed E-state index contributed by atoms with van der Waals surface area (Å²) in [6.07, 6.45) is 3.30. The standard InChI is InChI=1S/C9H9N3O/c1-6-5-12-9(13-6)7-2-3-11-8(10)4-7/h2-5H,1H3,(H2,10,11). The quantitative estimate of drug-likeness (QED) is 0.715. The van der Waals surface area contributed by atoms with Crippen molar-refractivity contribution in [3.63, 3.8) is 0 Å². The molecule has 0 aromatic carbocycles. The largest absolute Gasteiger partial charge is 0.441 e. The van der Waals surface area contributed by atoms with E-state index in [1.165, 1.54) is 0 Å². The molecule has 13 heavy (non-hydrogen) atoms. The van der Waals surface area contributed by atoms with Crippen molar-refractivity contribution in [1.29, 1.82) is 0 Å². The monoisotopic (exact) mass is 175 g/mol. The van der Waals surface area contributed by atoms with Gasteiger partial charge in [-0.05, 0) is 19.1 Å². The molecule has 0 radical (unpaired) electrons. The van der Waals surface area contributed by atoms with Gasteiger partial charge in [0.1, 0.15) is 11.6 Å². The number of nitrogen functional groups attached to an aromatic ring is 1. The second-order valence-corrected chi connectivity index (χ2v) is 2.75. The number of nitrogens with zero attached hydrogens (tertiary/aromatic N) is 2. The van der Waals surface area contributed by atoms with Crippen LogP contribution in [0.4, 0.5) is 5.82 Å². The molecule has 0 aliphatic heterocycles. The first-order valence-electron chi connectivity index (χ1n) is 3.90. The molecule has 2 N–H and O–H groups in total. The van der Waals surface area contributed by atoms with Gasteiger partial charge >= 0.3 is 0 Å². The number of nitrogens with two attached hydrogens (primary N) is 1. The topological polar surface area (TPSA) is 64.9 Å². The summed E-state index contributed by atoms with van der Waals surface area (Å²) in [4.78, 5) is 7.96. The lowest BCUT2D eigenvalue weighted by molar-refractivity contribution is 0.542. The second kappa shape index (κ2) is 2.90. The molecule has 0 spiro atoms. The Morgan fingerprint density at radius 3 is 2.85 bits per heavy atom. The van der Waals surface area contributed by atoms with Crippen LogP contribution in [0.5, 0.6) is 0 Å². The van der Waals surface area contributed by atoms with Gasteiger partial charge in [0.2, 0.25) is 5.89 Å². The normalized spacial score (nSPS) is 10.2. The van der Waals surface area contributed by atoms with Gasteiger partial charge in [-0.15, -0.1) is 0 Å². The van der Waals surface area contributed by atoms with E-state index < -0.39 is 0 Å². The third kappa shape index (κ3) is 1.51. The summed E-state index contributed by atoms with van der Waals surface area (Å²) in [7, 11) is 0. The number of hydrogen-bond donors (Lipinski definition) is 1. The number of rotatable bonds is 1. The number of pyridine rings is 1. The maximum Gasteiger partial charge on any atom is 0.226 e. The highest BCUT2D eigenvalue weighted by Crippen LogP contribution is 2.19. The van der Waals surface area contributed by atoms with Gasteiger partial charge in [-0.25, -0.2) is 9.97 Å². The summed E-state index contributed by atoms with van der Waals surface area (Å²) in [6, 6.07) is 3.53. The fourth-order valence-corrected chi connectivity index (χ4v) is 1.07. The zero-order valence-electron chi connectivity index (χ0n) is 7.19. The number of anilines is 1. The van der Waals surface area contributed by atoms with E-state index >= 15 is 0 Å². The fraction of sp³-hybridized carbons (Fsp3) is 0.111. The van der Waals surface area contributed by atoms with E-state index in [-0.39, 0.29) is 0 Å². The molecule has 2 aromatic rings. The molecule has 0 fully saturated rings. The predicted molar refractivity (Wildman–Crippen MR) is 48.9 cm³/mol. The summed E-state index contributed by atoms with van der Waals surface area (Å²) in [5, 5.41) is 0. The molecule has 0 bridgehead atoms. The Balaban J connectivity index is 2.46. The van der Waals surface area contributed by atoms with Crippen LogP contribution in [0.15, 0.2) is 28.9 Å². The molecular weight excluding hydrogens is 166 g/mol. The molecule has 2 heterocycles. The lowest BCUT2D eigenvalue weighted by Crippen LogP contribution is -1.89. The van der Waals surface area contributed by atoms with Gasteiger partial charge in [0.05, 0.1) is 6.20 Å². The van der Waals surface area contributed by atoms with Crippen molar-refractivity contribution in [2.75, 3.05) is 5.73 Å². The maximum atomic E-state index is 5.52. The summed E-state index contributed by atoms with van der Waals surface area (Å²) in [5.41, 5.74) is 6.37. The van der Waals surface area contributed by atoms with Crippen molar-refractivity contribution in [2.24, 2.45) is 0 Å². The Morgan fingerprint density at radius 1 is 1.38 bits per heavy atom. The minimum atomic E-state index is 0.466. The van der Waals surface area contributed by atoms with E-state index in [1.807, 2.05) is 13.0 Å². The Bertz CT molecular complexity index is 422. The van der Waals surface area contributed by atoms with E-state index in [9.17, 15) is 0 Å².